The summed E-state index contributed by atoms with van der Waals surface area (Å²) >= 11 is 0. The van der Waals surface area contributed by atoms with Gasteiger partial charge in [0.05, 0.1) is 6.26 Å². The van der Waals surface area contributed by atoms with Gasteiger partial charge in [-0.3, -0.25) is 4.99 Å². The molecule has 1 saturated carbocycles. The fourth-order valence-corrected chi connectivity index (χ4v) is 3.15. The van der Waals surface area contributed by atoms with E-state index in [0.717, 1.165) is 37.8 Å². The number of nitrogens with zero attached hydrogens (tertiary/aromatic N) is 2. The molecule has 0 bridgehead atoms. The number of hydrogen-bond acceptors (Lipinski definition) is 2. The predicted octanol–water partition coefficient (Wildman–Crippen LogP) is 3.42. The third kappa shape index (κ3) is 4.90. The van der Waals surface area contributed by atoms with Crippen molar-refractivity contribution in [3.63, 3.8) is 0 Å². The average molecular weight is 403 g/mol. The van der Waals surface area contributed by atoms with Crippen LogP contribution in [0.15, 0.2) is 27.8 Å². The molecule has 0 spiro atoms. The summed E-state index contributed by atoms with van der Waals surface area (Å²) in [6.45, 7) is 3.11. The van der Waals surface area contributed by atoms with Gasteiger partial charge in [0.1, 0.15) is 5.76 Å². The Kier molecular flexibility index (Phi) is 6.86. The summed E-state index contributed by atoms with van der Waals surface area (Å²) in [4.78, 5) is 7.23. The summed E-state index contributed by atoms with van der Waals surface area (Å²) in [6, 6.07) is 4.60. The average Bonchev–Trinajstić information content (AvgIpc) is 3.21. The van der Waals surface area contributed by atoms with Gasteiger partial charge in [-0.1, -0.05) is 12.8 Å². The lowest BCUT2D eigenvalue weighted by molar-refractivity contribution is 0.468. The second kappa shape index (κ2) is 8.66. The van der Waals surface area contributed by atoms with E-state index >= 15 is 0 Å². The molecule has 0 amide bonds. The molecule has 2 aliphatic rings. The van der Waals surface area contributed by atoms with Crippen molar-refractivity contribution in [1.82, 2.24) is 10.2 Å². The van der Waals surface area contributed by atoms with Crippen molar-refractivity contribution in [3.8, 4) is 0 Å². The fourth-order valence-electron chi connectivity index (χ4n) is 3.15. The van der Waals surface area contributed by atoms with Gasteiger partial charge in [0.2, 0.25) is 0 Å². The van der Waals surface area contributed by atoms with E-state index in [2.05, 4.69) is 10.2 Å². The zero-order valence-corrected chi connectivity index (χ0v) is 14.9. The van der Waals surface area contributed by atoms with Crippen LogP contribution in [-0.2, 0) is 6.42 Å². The molecule has 1 aliphatic heterocycles. The van der Waals surface area contributed by atoms with Crippen LogP contribution in [-0.4, -0.2) is 36.5 Å². The van der Waals surface area contributed by atoms with Gasteiger partial charge in [-0.15, -0.1) is 24.0 Å². The van der Waals surface area contributed by atoms with Crippen molar-refractivity contribution in [2.45, 2.75) is 51.0 Å². The molecule has 0 atom stereocenters. The van der Waals surface area contributed by atoms with Crippen LogP contribution in [0.3, 0.4) is 0 Å². The monoisotopic (exact) mass is 403 g/mol. The van der Waals surface area contributed by atoms with E-state index in [1.807, 2.05) is 12.1 Å². The summed E-state index contributed by atoms with van der Waals surface area (Å²) in [7, 11) is 0. The van der Waals surface area contributed by atoms with Crippen molar-refractivity contribution in [2.24, 2.45) is 4.99 Å². The molecule has 118 valence electrons. The maximum atomic E-state index is 5.37. The number of rotatable bonds is 4. The van der Waals surface area contributed by atoms with Crippen molar-refractivity contribution in [3.05, 3.63) is 24.2 Å². The number of hydrogen-bond donors (Lipinski definition) is 1. The topological polar surface area (TPSA) is 40.8 Å². The standard InChI is InChI=1S/C16H25N3O.HI/c1-2-7-14(6-1)18-16(19-11-3-4-12-19)17-10-9-15-8-5-13-20-15;/h5,8,13-14H,1-4,6-7,9-12H2,(H,17,18);1H. The molecular weight excluding hydrogens is 377 g/mol. The zero-order chi connectivity index (χ0) is 13.6. The zero-order valence-electron chi connectivity index (χ0n) is 12.6. The minimum atomic E-state index is 0. The molecule has 2 fully saturated rings. The number of furan rings is 1. The summed E-state index contributed by atoms with van der Waals surface area (Å²) in [5.41, 5.74) is 0. The summed E-state index contributed by atoms with van der Waals surface area (Å²) in [6.07, 6.45) is 10.5. The van der Waals surface area contributed by atoms with Crippen LogP contribution < -0.4 is 5.32 Å². The lowest BCUT2D eigenvalue weighted by Gasteiger charge is -2.24. The maximum Gasteiger partial charge on any atom is 0.194 e. The van der Waals surface area contributed by atoms with Gasteiger partial charge in [-0.25, -0.2) is 0 Å². The van der Waals surface area contributed by atoms with Crippen molar-refractivity contribution >= 4 is 29.9 Å². The third-order valence-electron chi connectivity index (χ3n) is 4.29. The van der Waals surface area contributed by atoms with Gasteiger partial charge in [0.25, 0.3) is 0 Å². The lowest BCUT2D eigenvalue weighted by Crippen LogP contribution is -2.44. The second-order valence-electron chi connectivity index (χ2n) is 5.85. The van der Waals surface area contributed by atoms with Gasteiger partial charge in [0, 0.05) is 32.1 Å². The molecule has 0 aromatic carbocycles. The Bertz CT molecular complexity index is 421. The SMILES string of the molecule is I.c1coc(CCN=C(NC2CCCC2)N2CCCC2)c1. The van der Waals surface area contributed by atoms with Crippen LogP contribution in [0.2, 0.25) is 0 Å². The summed E-state index contributed by atoms with van der Waals surface area (Å²) < 4.78 is 5.37. The first kappa shape index (κ1) is 16.6. The number of guanidine groups is 1. The van der Waals surface area contributed by atoms with E-state index in [1.165, 1.54) is 38.5 Å². The normalized spacial score (nSPS) is 19.8. The Morgan fingerprint density at radius 3 is 2.67 bits per heavy atom. The second-order valence-corrected chi connectivity index (χ2v) is 5.85. The molecule has 1 saturated heterocycles. The Hall–Kier alpha value is -0.720. The minimum Gasteiger partial charge on any atom is -0.469 e. The van der Waals surface area contributed by atoms with E-state index in [0.29, 0.717) is 6.04 Å². The number of halogens is 1. The molecule has 1 aliphatic carbocycles. The van der Waals surface area contributed by atoms with Crippen molar-refractivity contribution < 1.29 is 4.42 Å². The van der Waals surface area contributed by atoms with E-state index in [4.69, 9.17) is 9.41 Å². The van der Waals surface area contributed by atoms with Gasteiger partial charge >= 0.3 is 0 Å². The fraction of sp³-hybridized carbons (Fsp3) is 0.688. The quantitative estimate of drug-likeness (QED) is 0.476. The highest BCUT2D eigenvalue weighted by atomic mass is 127. The smallest absolute Gasteiger partial charge is 0.194 e. The molecule has 0 unspecified atom stereocenters. The van der Waals surface area contributed by atoms with Gasteiger partial charge in [0.15, 0.2) is 5.96 Å². The first-order chi connectivity index (χ1) is 9.92. The maximum absolute atomic E-state index is 5.37. The minimum absolute atomic E-state index is 0. The number of aliphatic imine (C=N–C) groups is 1. The van der Waals surface area contributed by atoms with Gasteiger partial charge in [-0.2, -0.15) is 0 Å². The largest absolute Gasteiger partial charge is 0.469 e. The molecule has 1 aromatic heterocycles. The van der Waals surface area contributed by atoms with Gasteiger partial charge < -0.3 is 14.6 Å². The van der Waals surface area contributed by atoms with E-state index in [-0.39, 0.29) is 24.0 Å². The molecule has 21 heavy (non-hydrogen) atoms. The Morgan fingerprint density at radius 2 is 2.00 bits per heavy atom. The van der Waals surface area contributed by atoms with Crippen LogP contribution >= 0.6 is 24.0 Å². The van der Waals surface area contributed by atoms with Crippen molar-refractivity contribution in [1.29, 1.82) is 0 Å². The van der Waals surface area contributed by atoms with Crippen LogP contribution in [0.5, 0.6) is 0 Å². The molecule has 1 N–H and O–H groups in total. The molecule has 1 aromatic rings. The number of likely N-dealkylation sites (tertiary alicyclic amines) is 1. The highest BCUT2D eigenvalue weighted by molar-refractivity contribution is 14.0. The number of nitrogens with one attached hydrogen (secondary N) is 1. The third-order valence-corrected chi connectivity index (χ3v) is 4.29. The van der Waals surface area contributed by atoms with Crippen LogP contribution in [0.4, 0.5) is 0 Å². The van der Waals surface area contributed by atoms with E-state index < -0.39 is 0 Å². The highest BCUT2D eigenvalue weighted by Crippen LogP contribution is 2.18. The Balaban J connectivity index is 0.00000161. The van der Waals surface area contributed by atoms with Crippen LogP contribution in [0.25, 0.3) is 0 Å². The first-order valence-corrected chi connectivity index (χ1v) is 8.00. The van der Waals surface area contributed by atoms with E-state index in [1.54, 1.807) is 6.26 Å². The van der Waals surface area contributed by atoms with Gasteiger partial charge in [-0.05, 0) is 37.8 Å². The Labute approximate surface area is 144 Å². The molecule has 3 rings (SSSR count). The lowest BCUT2D eigenvalue weighted by atomic mass is 10.2. The summed E-state index contributed by atoms with van der Waals surface area (Å²) in [5.74, 6) is 2.15. The molecule has 5 heteroatoms. The molecular formula is C16H26IN3O. The van der Waals surface area contributed by atoms with Crippen LogP contribution in [0.1, 0.15) is 44.3 Å². The molecule has 4 nitrogen and oxygen atoms in total. The molecule has 0 radical (unpaired) electrons. The predicted molar refractivity (Wildman–Crippen MR) is 96.3 cm³/mol. The Morgan fingerprint density at radius 1 is 1.24 bits per heavy atom. The van der Waals surface area contributed by atoms with Crippen LogP contribution in [0, 0.1) is 0 Å². The van der Waals surface area contributed by atoms with Crippen molar-refractivity contribution in [2.75, 3.05) is 19.6 Å². The summed E-state index contributed by atoms with van der Waals surface area (Å²) in [5, 5.41) is 3.68. The molecule has 2 heterocycles. The van der Waals surface area contributed by atoms with E-state index in [9.17, 15) is 0 Å². The highest BCUT2D eigenvalue weighted by Gasteiger charge is 2.21. The first-order valence-electron chi connectivity index (χ1n) is 8.00.